The second-order valence-corrected chi connectivity index (χ2v) is 5.98. The minimum atomic E-state index is 1.00. The van der Waals surface area contributed by atoms with Gasteiger partial charge in [0.1, 0.15) is 0 Å². The Labute approximate surface area is 112 Å². The van der Waals surface area contributed by atoms with Gasteiger partial charge in [-0.05, 0) is 41.1 Å². The summed E-state index contributed by atoms with van der Waals surface area (Å²) in [5.41, 5.74) is 1.16. The first-order valence-corrected chi connectivity index (χ1v) is 7.23. The predicted molar refractivity (Wildman–Crippen MR) is 73.5 cm³/mol. The van der Waals surface area contributed by atoms with Crippen LogP contribution in [0, 0.1) is 3.57 Å². The fraction of sp³-hybridized carbons (Fsp3) is 0.273. The highest BCUT2D eigenvalue weighted by molar-refractivity contribution is 14.1. The first kappa shape index (κ1) is 10.6. The third-order valence-electron chi connectivity index (χ3n) is 2.56. The van der Waals surface area contributed by atoms with Gasteiger partial charge in [-0.15, -0.1) is 10.2 Å². The Balaban J connectivity index is 2.09. The van der Waals surface area contributed by atoms with Crippen molar-refractivity contribution in [3.05, 3.63) is 27.8 Å². The number of benzene rings is 1. The van der Waals surface area contributed by atoms with Crippen LogP contribution in [-0.2, 0) is 6.54 Å². The zero-order valence-electron chi connectivity index (χ0n) is 8.56. The normalized spacial score (nSPS) is 14.8. The molecule has 2 aromatic rings. The van der Waals surface area contributed by atoms with E-state index in [-0.39, 0.29) is 0 Å². The van der Waals surface area contributed by atoms with Crippen LogP contribution in [0.5, 0.6) is 0 Å². The molecule has 3 nitrogen and oxygen atoms in total. The van der Waals surface area contributed by atoms with Crippen LogP contribution < -0.4 is 0 Å². The van der Waals surface area contributed by atoms with Crippen LogP contribution in [0.2, 0.25) is 0 Å². The molecule has 5 heteroatoms. The van der Waals surface area contributed by atoms with Crippen LogP contribution in [0.25, 0.3) is 11.4 Å². The Hall–Kier alpha value is -0.560. The molecule has 0 bridgehead atoms. The van der Waals surface area contributed by atoms with E-state index in [0.717, 1.165) is 28.8 Å². The Bertz CT molecular complexity index is 524. The van der Waals surface area contributed by atoms with Gasteiger partial charge in [-0.3, -0.25) is 0 Å². The first-order chi connectivity index (χ1) is 7.84. The van der Waals surface area contributed by atoms with Crippen molar-refractivity contribution >= 4 is 34.4 Å². The fourth-order valence-electron chi connectivity index (χ4n) is 1.82. The maximum absolute atomic E-state index is 4.30. The lowest BCUT2D eigenvalue weighted by atomic mass is 10.2. The number of thioether (sulfide) groups is 1. The van der Waals surface area contributed by atoms with E-state index in [1.54, 1.807) is 11.8 Å². The van der Waals surface area contributed by atoms with E-state index in [4.69, 9.17) is 0 Å². The molecule has 16 heavy (non-hydrogen) atoms. The van der Waals surface area contributed by atoms with E-state index in [1.165, 1.54) is 9.99 Å². The molecule has 0 aliphatic carbocycles. The highest BCUT2D eigenvalue weighted by Gasteiger charge is 2.17. The van der Waals surface area contributed by atoms with Gasteiger partial charge in [0.15, 0.2) is 11.0 Å². The number of aromatic nitrogens is 3. The minimum Gasteiger partial charge on any atom is -0.302 e. The monoisotopic (exact) mass is 343 g/mol. The SMILES string of the molecule is Ic1cccc(-c2nnc3n2CCCS3)c1. The van der Waals surface area contributed by atoms with Crippen molar-refractivity contribution in [3.8, 4) is 11.4 Å². The fourth-order valence-corrected chi connectivity index (χ4v) is 3.26. The summed E-state index contributed by atoms with van der Waals surface area (Å²) in [4.78, 5) is 0. The Morgan fingerprint density at radius 3 is 3.12 bits per heavy atom. The summed E-state index contributed by atoms with van der Waals surface area (Å²) < 4.78 is 3.45. The number of hydrogen-bond donors (Lipinski definition) is 0. The van der Waals surface area contributed by atoms with Crippen LogP contribution in [0.15, 0.2) is 29.4 Å². The summed E-state index contributed by atoms with van der Waals surface area (Å²) in [7, 11) is 0. The molecule has 0 atom stereocenters. The third kappa shape index (κ3) is 1.86. The standard InChI is InChI=1S/C11H10IN3S/c12-9-4-1-3-8(7-9)10-13-14-11-15(10)5-2-6-16-11/h1,3-4,7H,2,5-6H2. The Kier molecular flexibility index (Phi) is 2.89. The van der Waals surface area contributed by atoms with Gasteiger partial charge in [0.05, 0.1) is 0 Å². The van der Waals surface area contributed by atoms with Crippen LogP contribution >= 0.6 is 34.4 Å². The number of nitrogens with zero attached hydrogens (tertiary/aromatic N) is 3. The van der Waals surface area contributed by atoms with Crippen molar-refractivity contribution in [2.24, 2.45) is 0 Å². The average molecular weight is 343 g/mol. The van der Waals surface area contributed by atoms with E-state index < -0.39 is 0 Å². The van der Waals surface area contributed by atoms with Crippen LogP contribution in [0.3, 0.4) is 0 Å². The van der Waals surface area contributed by atoms with Gasteiger partial charge in [-0.25, -0.2) is 0 Å². The number of hydrogen-bond acceptors (Lipinski definition) is 3. The lowest BCUT2D eigenvalue weighted by Crippen LogP contribution is -2.08. The number of rotatable bonds is 1. The summed E-state index contributed by atoms with van der Waals surface area (Å²) in [6.07, 6.45) is 1.20. The van der Waals surface area contributed by atoms with Gasteiger partial charge in [0.25, 0.3) is 0 Å². The molecular weight excluding hydrogens is 333 g/mol. The zero-order valence-corrected chi connectivity index (χ0v) is 11.5. The number of fused-ring (bicyclic) bond motifs is 1. The molecule has 0 saturated carbocycles. The third-order valence-corrected chi connectivity index (χ3v) is 4.28. The van der Waals surface area contributed by atoms with E-state index in [0.29, 0.717) is 0 Å². The molecule has 0 unspecified atom stereocenters. The van der Waals surface area contributed by atoms with Crippen molar-refractivity contribution in [1.82, 2.24) is 14.8 Å². The highest BCUT2D eigenvalue weighted by atomic mass is 127. The van der Waals surface area contributed by atoms with Gasteiger partial charge >= 0.3 is 0 Å². The topological polar surface area (TPSA) is 30.7 Å². The lowest BCUT2D eigenvalue weighted by Gasteiger charge is -2.14. The molecule has 3 rings (SSSR count). The lowest BCUT2D eigenvalue weighted by molar-refractivity contribution is 0.612. The second-order valence-electron chi connectivity index (χ2n) is 3.67. The van der Waals surface area contributed by atoms with Gasteiger partial charge in [0.2, 0.25) is 0 Å². The Morgan fingerprint density at radius 2 is 2.25 bits per heavy atom. The van der Waals surface area contributed by atoms with E-state index in [2.05, 4.69) is 61.6 Å². The predicted octanol–water partition coefficient (Wildman–Crippen LogP) is 3.05. The largest absolute Gasteiger partial charge is 0.302 e. The van der Waals surface area contributed by atoms with Crippen molar-refractivity contribution in [2.75, 3.05) is 5.75 Å². The van der Waals surface area contributed by atoms with E-state index >= 15 is 0 Å². The molecular formula is C11H10IN3S. The van der Waals surface area contributed by atoms with Gasteiger partial charge in [0, 0.05) is 21.4 Å². The van der Waals surface area contributed by atoms with Crippen molar-refractivity contribution < 1.29 is 0 Å². The van der Waals surface area contributed by atoms with Gasteiger partial charge in [-0.1, -0.05) is 23.9 Å². The molecule has 82 valence electrons. The molecule has 0 N–H and O–H groups in total. The molecule has 2 heterocycles. The summed E-state index contributed by atoms with van der Waals surface area (Å²) in [6, 6.07) is 8.40. The van der Waals surface area contributed by atoms with E-state index in [1.807, 2.05) is 0 Å². The molecule has 1 aliphatic heterocycles. The first-order valence-electron chi connectivity index (χ1n) is 5.16. The molecule has 1 aromatic carbocycles. The number of halogens is 1. The second kappa shape index (κ2) is 4.37. The zero-order chi connectivity index (χ0) is 11.0. The van der Waals surface area contributed by atoms with Crippen molar-refractivity contribution in [2.45, 2.75) is 18.1 Å². The summed E-state index contributed by atoms with van der Waals surface area (Å²) in [5.74, 6) is 2.16. The smallest absolute Gasteiger partial charge is 0.191 e. The molecule has 0 radical (unpaired) electrons. The van der Waals surface area contributed by atoms with E-state index in [9.17, 15) is 0 Å². The summed E-state index contributed by atoms with van der Waals surface area (Å²) in [6.45, 7) is 1.04. The van der Waals surface area contributed by atoms with Crippen LogP contribution in [-0.4, -0.2) is 20.5 Å². The maximum atomic E-state index is 4.30. The van der Waals surface area contributed by atoms with Crippen molar-refractivity contribution in [1.29, 1.82) is 0 Å². The Morgan fingerprint density at radius 1 is 1.31 bits per heavy atom. The molecule has 1 aliphatic rings. The van der Waals surface area contributed by atoms with Crippen molar-refractivity contribution in [3.63, 3.8) is 0 Å². The quantitative estimate of drug-likeness (QED) is 0.746. The summed E-state index contributed by atoms with van der Waals surface area (Å²) in [5, 5.41) is 9.59. The molecule has 0 fully saturated rings. The van der Waals surface area contributed by atoms with Crippen LogP contribution in [0.1, 0.15) is 6.42 Å². The van der Waals surface area contributed by atoms with Gasteiger partial charge in [-0.2, -0.15) is 0 Å². The highest BCUT2D eigenvalue weighted by Crippen LogP contribution is 2.28. The van der Waals surface area contributed by atoms with Crippen LogP contribution in [0.4, 0.5) is 0 Å². The molecule has 0 spiro atoms. The molecule has 1 aromatic heterocycles. The maximum Gasteiger partial charge on any atom is 0.191 e. The molecule has 0 amide bonds. The minimum absolute atomic E-state index is 1.00. The average Bonchev–Trinajstić information content (AvgIpc) is 2.72. The molecule has 0 saturated heterocycles. The summed E-state index contributed by atoms with van der Waals surface area (Å²) >= 11 is 4.12. The van der Waals surface area contributed by atoms with Gasteiger partial charge < -0.3 is 4.57 Å².